The van der Waals surface area contributed by atoms with Crippen molar-refractivity contribution >= 4 is 11.5 Å². The largest absolute Gasteiger partial charge is 0.417 e. The monoisotopic (exact) mass is 247 g/mol. The average molecular weight is 247 g/mol. The molecule has 1 saturated heterocycles. The number of alkyl halides is 3. The summed E-state index contributed by atoms with van der Waals surface area (Å²) in [6, 6.07) is 1.04. The molecule has 7 heteroatoms. The lowest BCUT2D eigenvalue weighted by atomic mass is 10.2. The minimum Gasteiger partial charge on any atom is -0.382 e. The SMILES string of the molecule is Nc1ncc(C(F)(F)F)cc1N1CCOCC1. The molecule has 0 aromatic carbocycles. The third kappa shape index (κ3) is 2.60. The number of hydrogen-bond donors (Lipinski definition) is 1. The molecule has 94 valence electrons. The topological polar surface area (TPSA) is 51.4 Å². The van der Waals surface area contributed by atoms with E-state index in [0.717, 1.165) is 12.3 Å². The first-order chi connectivity index (χ1) is 7.98. The van der Waals surface area contributed by atoms with E-state index in [2.05, 4.69) is 4.98 Å². The number of morpholine rings is 1. The molecule has 1 aliphatic heterocycles. The van der Waals surface area contributed by atoms with E-state index < -0.39 is 11.7 Å². The second kappa shape index (κ2) is 4.40. The normalized spacial score (nSPS) is 17.2. The number of halogens is 3. The van der Waals surface area contributed by atoms with Crippen molar-refractivity contribution < 1.29 is 17.9 Å². The smallest absolute Gasteiger partial charge is 0.382 e. The molecule has 2 rings (SSSR count). The minimum absolute atomic E-state index is 0.111. The van der Waals surface area contributed by atoms with Gasteiger partial charge in [-0.1, -0.05) is 0 Å². The number of nitrogen functional groups attached to an aromatic ring is 1. The molecule has 1 aromatic heterocycles. The van der Waals surface area contributed by atoms with Gasteiger partial charge >= 0.3 is 6.18 Å². The molecule has 0 radical (unpaired) electrons. The van der Waals surface area contributed by atoms with Crippen molar-refractivity contribution in [2.45, 2.75) is 6.18 Å². The lowest BCUT2D eigenvalue weighted by Crippen LogP contribution is -2.37. The van der Waals surface area contributed by atoms with Crippen LogP contribution in [0.3, 0.4) is 0 Å². The number of aromatic nitrogens is 1. The zero-order chi connectivity index (χ0) is 12.5. The van der Waals surface area contributed by atoms with Gasteiger partial charge < -0.3 is 15.4 Å². The number of nitrogens with two attached hydrogens (primary N) is 1. The fourth-order valence-corrected chi connectivity index (χ4v) is 1.68. The van der Waals surface area contributed by atoms with E-state index >= 15 is 0 Å². The van der Waals surface area contributed by atoms with Crippen molar-refractivity contribution in [1.29, 1.82) is 0 Å². The number of rotatable bonds is 1. The maximum absolute atomic E-state index is 12.5. The van der Waals surface area contributed by atoms with Crippen molar-refractivity contribution in [1.82, 2.24) is 4.98 Å². The second-order valence-corrected chi connectivity index (χ2v) is 3.73. The van der Waals surface area contributed by atoms with Gasteiger partial charge in [-0.05, 0) is 6.07 Å². The maximum atomic E-state index is 12.5. The molecule has 1 aliphatic rings. The molecular weight excluding hydrogens is 235 g/mol. The Hall–Kier alpha value is -1.50. The van der Waals surface area contributed by atoms with Gasteiger partial charge in [0.25, 0.3) is 0 Å². The third-order valence-corrected chi connectivity index (χ3v) is 2.58. The van der Waals surface area contributed by atoms with Crippen molar-refractivity contribution in [3.63, 3.8) is 0 Å². The van der Waals surface area contributed by atoms with Crippen LogP contribution < -0.4 is 10.6 Å². The van der Waals surface area contributed by atoms with Gasteiger partial charge in [0.2, 0.25) is 0 Å². The lowest BCUT2D eigenvalue weighted by Gasteiger charge is -2.29. The molecule has 0 aliphatic carbocycles. The Balaban J connectivity index is 2.31. The zero-order valence-corrected chi connectivity index (χ0v) is 9.00. The summed E-state index contributed by atoms with van der Waals surface area (Å²) in [5, 5.41) is 0. The Kier molecular flexibility index (Phi) is 3.10. The number of anilines is 2. The van der Waals surface area contributed by atoms with E-state index in [9.17, 15) is 13.2 Å². The summed E-state index contributed by atoms with van der Waals surface area (Å²) in [4.78, 5) is 5.35. The van der Waals surface area contributed by atoms with Crippen LogP contribution in [-0.4, -0.2) is 31.3 Å². The number of nitrogens with zero attached hydrogens (tertiary/aromatic N) is 2. The van der Waals surface area contributed by atoms with Crippen LogP contribution >= 0.6 is 0 Å². The first-order valence-corrected chi connectivity index (χ1v) is 5.14. The molecule has 1 fully saturated rings. The molecule has 2 heterocycles. The molecule has 2 N–H and O–H groups in total. The fraction of sp³-hybridized carbons (Fsp3) is 0.500. The van der Waals surface area contributed by atoms with Crippen LogP contribution in [0.2, 0.25) is 0 Å². The van der Waals surface area contributed by atoms with Gasteiger partial charge in [0.05, 0.1) is 24.5 Å². The molecule has 0 bridgehead atoms. The van der Waals surface area contributed by atoms with Crippen LogP contribution in [0.4, 0.5) is 24.7 Å². The Morgan fingerprint density at radius 1 is 1.29 bits per heavy atom. The van der Waals surface area contributed by atoms with E-state index in [-0.39, 0.29) is 5.82 Å². The van der Waals surface area contributed by atoms with Crippen LogP contribution in [0, 0.1) is 0 Å². The highest BCUT2D eigenvalue weighted by molar-refractivity contribution is 5.64. The van der Waals surface area contributed by atoms with Crippen molar-refractivity contribution in [2.75, 3.05) is 36.9 Å². The second-order valence-electron chi connectivity index (χ2n) is 3.73. The first kappa shape index (κ1) is 12.0. The highest BCUT2D eigenvalue weighted by atomic mass is 19.4. The summed E-state index contributed by atoms with van der Waals surface area (Å²) in [6.45, 7) is 2.01. The number of hydrogen-bond acceptors (Lipinski definition) is 4. The van der Waals surface area contributed by atoms with E-state index in [0.29, 0.717) is 32.0 Å². The van der Waals surface area contributed by atoms with Crippen LogP contribution in [0.15, 0.2) is 12.3 Å². The number of ether oxygens (including phenoxy) is 1. The Bertz CT molecular complexity index is 402. The van der Waals surface area contributed by atoms with Crippen LogP contribution in [-0.2, 0) is 10.9 Å². The van der Waals surface area contributed by atoms with Crippen LogP contribution in [0.25, 0.3) is 0 Å². The van der Waals surface area contributed by atoms with Gasteiger partial charge in [-0.25, -0.2) is 4.98 Å². The van der Waals surface area contributed by atoms with Crippen molar-refractivity contribution in [2.24, 2.45) is 0 Å². The predicted octanol–water partition coefficient (Wildman–Crippen LogP) is 1.52. The Morgan fingerprint density at radius 3 is 2.53 bits per heavy atom. The molecule has 0 amide bonds. The van der Waals surface area contributed by atoms with Gasteiger partial charge in [0.1, 0.15) is 5.82 Å². The van der Waals surface area contributed by atoms with Gasteiger partial charge in [-0.15, -0.1) is 0 Å². The van der Waals surface area contributed by atoms with E-state index in [1.54, 1.807) is 4.90 Å². The zero-order valence-electron chi connectivity index (χ0n) is 9.00. The fourth-order valence-electron chi connectivity index (χ4n) is 1.68. The third-order valence-electron chi connectivity index (χ3n) is 2.58. The molecule has 0 atom stereocenters. The van der Waals surface area contributed by atoms with Crippen molar-refractivity contribution in [3.05, 3.63) is 17.8 Å². The summed E-state index contributed by atoms with van der Waals surface area (Å²) in [6.07, 6.45) is -3.65. The van der Waals surface area contributed by atoms with Crippen molar-refractivity contribution in [3.8, 4) is 0 Å². The molecule has 0 unspecified atom stereocenters. The van der Waals surface area contributed by atoms with E-state index in [4.69, 9.17) is 10.5 Å². The lowest BCUT2D eigenvalue weighted by molar-refractivity contribution is -0.137. The minimum atomic E-state index is -4.40. The molecule has 0 saturated carbocycles. The highest BCUT2D eigenvalue weighted by Gasteiger charge is 2.32. The summed E-state index contributed by atoms with van der Waals surface area (Å²) < 4.78 is 42.8. The molecular formula is C10H12F3N3O. The van der Waals surface area contributed by atoms with Gasteiger partial charge in [-0.2, -0.15) is 13.2 Å². The summed E-state index contributed by atoms with van der Waals surface area (Å²) >= 11 is 0. The summed E-state index contributed by atoms with van der Waals surface area (Å²) in [5.41, 5.74) is 5.14. The quantitative estimate of drug-likeness (QED) is 0.817. The predicted molar refractivity (Wildman–Crippen MR) is 56.7 cm³/mol. The van der Waals surface area contributed by atoms with E-state index in [1.165, 1.54) is 0 Å². The standard InChI is InChI=1S/C10H12F3N3O/c11-10(12,13)7-5-8(9(14)15-6-7)16-1-3-17-4-2-16/h5-6H,1-4H2,(H2,14,15). The van der Waals surface area contributed by atoms with Crippen LogP contribution in [0.1, 0.15) is 5.56 Å². The van der Waals surface area contributed by atoms with E-state index in [1.807, 2.05) is 0 Å². The summed E-state index contributed by atoms with van der Waals surface area (Å²) in [7, 11) is 0. The first-order valence-electron chi connectivity index (χ1n) is 5.14. The molecule has 1 aromatic rings. The Labute approximate surface area is 96.2 Å². The average Bonchev–Trinajstić information content (AvgIpc) is 2.29. The van der Waals surface area contributed by atoms with Crippen LogP contribution in [0.5, 0.6) is 0 Å². The summed E-state index contributed by atoms with van der Waals surface area (Å²) in [5.74, 6) is 0.111. The molecule has 4 nitrogen and oxygen atoms in total. The van der Waals surface area contributed by atoms with Gasteiger partial charge in [0, 0.05) is 19.3 Å². The molecule has 0 spiro atoms. The van der Waals surface area contributed by atoms with Gasteiger partial charge in [-0.3, -0.25) is 0 Å². The molecule has 17 heavy (non-hydrogen) atoms. The Morgan fingerprint density at radius 2 is 1.94 bits per heavy atom. The van der Waals surface area contributed by atoms with Gasteiger partial charge in [0.15, 0.2) is 0 Å². The highest BCUT2D eigenvalue weighted by Crippen LogP contribution is 2.33. The maximum Gasteiger partial charge on any atom is 0.417 e. The number of pyridine rings is 1.